The summed E-state index contributed by atoms with van der Waals surface area (Å²) in [6.45, 7) is 3.88. The normalized spacial score (nSPS) is 10.2. The van der Waals surface area contributed by atoms with Crippen molar-refractivity contribution in [3.63, 3.8) is 0 Å². The van der Waals surface area contributed by atoms with Crippen molar-refractivity contribution in [1.82, 2.24) is 0 Å². The van der Waals surface area contributed by atoms with Gasteiger partial charge in [0, 0.05) is 0 Å². The zero-order valence-corrected chi connectivity index (χ0v) is 9.90. The van der Waals surface area contributed by atoms with Crippen LogP contribution in [0, 0.1) is 13.8 Å². The summed E-state index contributed by atoms with van der Waals surface area (Å²) in [5.74, 6) is -0.877. The van der Waals surface area contributed by atoms with Crippen molar-refractivity contribution in [3.8, 4) is 11.1 Å². The number of carboxylic acid groups (broad SMARTS) is 1. The molecular weight excluding hydrogens is 212 g/mol. The molecule has 0 atom stereocenters. The summed E-state index contributed by atoms with van der Waals surface area (Å²) in [7, 11) is 0. The van der Waals surface area contributed by atoms with Gasteiger partial charge in [-0.1, -0.05) is 36.4 Å². The van der Waals surface area contributed by atoms with E-state index in [0.29, 0.717) is 5.56 Å². The summed E-state index contributed by atoms with van der Waals surface area (Å²) >= 11 is 0. The number of aromatic carboxylic acids is 1. The first-order chi connectivity index (χ1) is 8.11. The first kappa shape index (κ1) is 11.4. The van der Waals surface area contributed by atoms with Gasteiger partial charge in [0.25, 0.3) is 0 Å². The predicted molar refractivity (Wildman–Crippen MR) is 68.3 cm³/mol. The van der Waals surface area contributed by atoms with Crippen LogP contribution in [0.15, 0.2) is 42.5 Å². The van der Waals surface area contributed by atoms with Crippen LogP contribution < -0.4 is 0 Å². The van der Waals surface area contributed by atoms with Gasteiger partial charge >= 0.3 is 5.97 Å². The third-order valence-electron chi connectivity index (χ3n) is 3.00. The highest BCUT2D eigenvalue weighted by molar-refractivity contribution is 5.92. The van der Waals surface area contributed by atoms with Crippen molar-refractivity contribution in [3.05, 3.63) is 59.2 Å². The summed E-state index contributed by atoms with van der Waals surface area (Å²) in [6.07, 6.45) is 0. The molecule has 2 rings (SSSR count). The molecule has 0 unspecified atom stereocenters. The quantitative estimate of drug-likeness (QED) is 0.848. The molecule has 2 heteroatoms. The van der Waals surface area contributed by atoms with Gasteiger partial charge in [0.1, 0.15) is 0 Å². The number of hydrogen-bond acceptors (Lipinski definition) is 1. The summed E-state index contributed by atoms with van der Waals surface area (Å²) in [4.78, 5) is 11.1. The molecule has 0 saturated carbocycles. The molecule has 1 N–H and O–H groups in total. The van der Waals surface area contributed by atoms with Crippen LogP contribution in [0.2, 0.25) is 0 Å². The highest BCUT2D eigenvalue weighted by atomic mass is 16.4. The topological polar surface area (TPSA) is 37.3 Å². The molecule has 0 aliphatic carbocycles. The monoisotopic (exact) mass is 226 g/mol. The Labute approximate surface area is 101 Å². The van der Waals surface area contributed by atoms with Gasteiger partial charge in [-0.05, 0) is 42.2 Å². The van der Waals surface area contributed by atoms with Gasteiger partial charge in [-0.2, -0.15) is 0 Å². The fraction of sp³-hybridized carbons (Fsp3) is 0.133. The molecule has 86 valence electrons. The Morgan fingerprint density at radius 3 is 2.24 bits per heavy atom. The molecule has 0 amide bonds. The Bertz CT molecular complexity index is 571. The summed E-state index contributed by atoms with van der Waals surface area (Å²) in [6, 6.07) is 13.4. The van der Waals surface area contributed by atoms with E-state index in [9.17, 15) is 4.79 Å². The maximum Gasteiger partial charge on any atom is 0.335 e. The van der Waals surface area contributed by atoms with E-state index < -0.39 is 5.97 Å². The lowest BCUT2D eigenvalue weighted by molar-refractivity contribution is 0.0696. The van der Waals surface area contributed by atoms with Crippen LogP contribution in [0.25, 0.3) is 11.1 Å². The molecule has 0 fully saturated rings. The van der Waals surface area contributed by atoms with E-state index in [-0.39, 0.29) is 0 Å². The molecule has 0 aromatic heterocycles. The van der Waals surface area contributed by atoms with Crippen molar-refractivity contribution in [2.75, 3.05) is 0 Å². The zero-order chi connectivity index (χ0) is 12.4. The van der Waals surface area contributed by atoms with Crippen LogP contribution >= 0.6 is 0 Å². The zero-order valence-electron chi connectivity index (χ0n) is 9.90. The minimum absolute atomic E-state index is 0.366. The number of rotatable bonds is 2. The SMILES string of the molecule is Cc1ccccc1-c1cccc(C(=O)O)c1C. The van der Waals surface area contributed by atoms with E-state index in [1.54, 1.807) is 12.1 Å². The van der Waals surface area contributed by atoms with Crippen LogP contribution in [0.5, 0.6) is 0 Å². The van der Waals surface area contributed by atoms with E-state index in [1.807, 2.05) is 44.2 Å². The molecule has 2 aromatic rings. The largest absolute Gasteiger partial charge is 0.478 e. The average molecular weight is 226 g/mol. The molecule has 0 aliphatic rings. The third kappa shape index (κ3) is 2.07. The van der Waals surface area contributed by atoms with Crippen LogP contribution in [0.4, 0.5) is 0 Å². The van der Waals surface area contributed by atoms with Crippen LogP contribution in [-0.4, -0.2) is 11.1 Å². The van der Waals surface area contributed by atoms with Crippen molar-refractivity contribution in [1.29, 1.82) is 0 Å². The molecule has 0 spiro atoms. The number of aryl methyl sites for hydroxylation is 1. The van der Waals surface area contributed by atoms with Gasteiger partial charge < -0.3 is 5.11 Å². The molecule has 0 radical (unpaired) electrons. The van der Waals surface area contributed by atoms with E-state index in [0.717, 1.165) is 22.3 Å². The summed E-state index contributed by atoms with van der Waals surface area (Å²) < 4.78 is 0. The minimum Gasteiger partial charge on any atom is -0.478 e. The van der Waals surface area contributed by atoms with Gasteiger partial charge in [0.05, 0.1) is 5.56 Å². The van der Waals surface area contributed by atoms with E-state index in [2.05, 4.69) is 0 Å². The maximum absolute atomic E-state index is 11.1. The molecule has 0 saturated heterocycles. The third-order valence-corrected chi connectivity index (χ3v) is 3.00. The summed E-state index contributed by atoms with van der Waals surface area (Å²) in [5.41, 5.74) is 4.41. The first-order valence-corrected chi connectivity index (χ1v) is 5.50. The highest BCUT2D eigenvalue weighted by Gasteiger charge is 2.11. The maximum atomic E-state index is 11.1. The lowest BCUT2D eigenvalue weighted by atomic mass is 9.94. The van der Waals surface area contributed by atoms with E-state index >= 15 is 0 Å². The Kier molecular flexibility index (Phi) is 2.96. The Morgan fingerprint density at radius 2 is 1.59 bits per heavy atom. The highest BCUT2D eigenvalue weighted by Crippen LogP contribution is 2.28. The summed E-state index contributed by atoms with van der Waals surface area (Å²) in [5, 5.41) is 9.11. The van der Waals surface area contributed by atoms with Gasteiger partial charge in [0.2, 0.25) is 0 Å². The second-order valence-electron chi connectivity index (χ2n) is 4.10. The van der Waals surface area contributed by atoms with E-state index in [1.165, 1.54) is 0 Å². The van der Waals surface area contributed by atoms with Crippen LogP contribution in [0.1, 0.15) is 21.5 Å². The van der Waals surface area contributed by atoms with Gasteiger partial charge in [-0.3, -0.25) is 0 Å². The molecular formula is C15H14O2. The lowest BCUT2D eigenvalue weighted by Crippen LogP contribution is -2.01. The molecule has 2 nitrogen and oxygen atoms in total. The van der Waals surface area contributed by atoms with Gasteiger partial charge in [-0.25, -0.2) is 4.79 Å². The molecule has 17 heavy (non-hydrogen) atoms. The Hall–Kier alpha value is -2.09. The fourth-order valence-electron chi connectivity index (χ4n) is 2.03. The Morgan fingerprint density at radius 1 is 0.941 bits per heavy atom. The predicted octanol–water partition coefficient (Wildman–Crippen LogP) is 3.67. The van der Waals surface area contributed by atoms with Crippen molar-refractivity contribution < 1.29 is 9.90 Å². The minimum atomic E-state index is -0.877. The number of carboxylic acids is 1. The van der Waals surface area contributed by atoms with Crippen LogP contribution in [0.3, 0.4) is 0 Å². The number of benzene rings is 2. The molecule has 0 bridgehead atoms. The lowest BCUT2D eigenvalue weighted by Gasteiger charge is -2.11. The van der Waals surface area contributed by atoms with E-state index in [4.69, 9.17) is 5.11 Å². The van der Waals surface area contributed by atoms with Gasteiger partial charge in [-0.15, -0.1) is 0 Å². The average Bonchev–Trinajstić information content (AvgIpc) is 2.30. The molecule has 2 aromatic carbocycles. The smallest absolute Gasteiger partial charge is 0.335 e. The van der Waals surface area contributed by atoms with Crippen molar-refractivity contribution in [2.24, 2.45) is 0 Å². The van der Waals surface area contributed by atoms with Crippen LogP contribution in [-0.2, 0) is 0 Å². The molecule has 0 heterocycles. The van der Waals surface area contributed by atoms with Crippen molar-refractivity contribution >= 4 is 5.97 Å². The standard InChI is InChI=1S/C15H14O2/c1-10-6-3-4-7-12(10)13-8-5-9-14(11(13)2)15(16)17/h3-9H,1-2H3,(H,16,17). The van der Waals surface area contributed by atoms with Crippen molar-refractivity contribution in [2.45, 2.75) is 13.8 Å². The Balaban J connectivity index is 2.65. The number of hydrogen-bond donors (Lipinski definition) is 1. The molecule has 0 aliphatic heterocycles. The fourth-order valence-corrected chi connectivity index (χ4v) is 2.03. The number of carbonyl (C=O) groups is 1. The first-order valence-electron chi connectivity index (χ1n) is 5.50. The second-order valence-corrected chi connectivity index (χ2v) is 4.10. The second kappa shape index (κ2) is 4.42. The van der Waals surface area contributed by atoms with Gasteiger partial charge in [0.15, 0.2) is 0 Å².